The van der Waals surface area contributed by atoms with E-state index in [2.05, 4.69) is 0 Å². The first kappa shape index (κ1) is 14.8. The molecule has 0 aromatic rings. The van der Waals surface area contributed by atoms with Gasteiger partial charge in [-0.15, -0.1) is 0 Å². The number of urea groups is 1. The van der Waals surface area contributed by atoms with Crippen molar-refractivity contribution in [3.05, 3.63) is 0 Å². The molecule has 1 aliphatic rings. The van der Waals surface area contributed by atoms with Crippen LogP contribution in [0.15, 0.2) is 0 Å². The second-order valence-electron chi connectivity index (χ2n) is 5.04. The first-order valence-electron chi connectivity index (χ1n) is 6.30. The summed E-state index contributed by atoms with van der Waals surface area (Å²) in [7, 11) is 1.67. The van der Waals surface area contributed by atoms with E-state index in [1.165, 1.54) is 4.90 Å². The molecule has 0 aromatic carbocycles. The van der Waals surface area contributed by atoms with Gasteiger partial charge in [-0.2, -0.15) is 0 Å². The number of piperidine rings is 1. The molecule has 1 aliphatic heterocycles. The van der Waals surface area contributed by atoms with Crippen LogP contribution in [-0.4, -0.2) is 64.8 Å². The number of aliphatic carboxylic acids is 1. The lowest BCUT2D eigenvalue weighted by Gasteiger charge is -2.34. The molecular weight excluding hydrogens is 236 g/mol. The third kappa shape index (κ3) is 4.52. The SMILES string of the molecule is CC(O)CN(C)C(=O)N1CCC(CC(=O)O)CC1. The minimum atomic E-state index is -0.772. The zero-order valence-electron chi connectivity index (χ0n) is 11.0. The van der Waals surface area contributed by atoms with Crippen molar-refractivity contribution in [3.8, 4) is 0 Å². The number of carboxylic acids is 1. The van der Waals surface area contributed by atoms with Gasteiger partial charge in [0.15, 0.2) is 0 Å². The van der Waals surface area contributed by atoms with Crippen LogP contribution in [0, 0.1) is 5.92 Å². The van der Waals surface area contributed by atoms with Crippen molar-refractivity contribution in [1.29, 1.82) is 0 Å². The van der Waals surface area contributed by atoms with Crippen LogP contribution in [0.1, 0.15) is 26.2 Å². The highest BCUT2D eigenvalue weighted by atomic mass is 16.4. The van der Waals surface area contributed by atoms with Crippen molar-refractivity contribution in [2.75, 3.05) is 26.7 Å². The van der Waals surface area contributed by atoms with E-state index in [4.69, 9.17) is 5.11 Å². The summed E-state index contributed by atoms with van der Waals surface area (Å²) < 4.78 is 0. The summed E-state index contributed by atoms with van der Waals surface area (Å²) in [5.41, 5.74) is 0. The predicted molar refractivity (Wildman–Crippen MR) is 66.3 cm³/mol. The van der Waals surface area contributed by atoms with Gasteiger partial charge in [0, 0.05) is 33.1 Å². The molecule has 1 atom stereocenters. The highest BCUT2D eigenvalue weighted by Gasteiger charge is 2.26. The van der Waals surface area contributed by atoms with E-state index in [0.717, 1.165) is 12.8 Å². The van der Waals surface area contributed by atoms with Gasteiger partial charge in [0.25, 0.3) is 0 Å². The highest BCUT2D eigenvalue weighted by Crippen LogP contribution is 2.21. The van der Waals surface area contributed by atoms with E-state index in [9.17, 15) is 14.7 Å². The molecular formula is C12H22N2O4. The summed E-state index contributed by atoms with van der Waals surface area (Å²) in [5.74, 6) is -0.598. The van der Waals surface area contributed by atoms with Crippen LogP contribution < -0.4 is 0 Å². The van der Waals surface area contributed by atoms with Crippen LogP contribution in [-0.2, 0) is 4.79 Å². The monoisotopic (exact) mass is 258 g/mol. The fraction of sp³-hybridized carbons (Fsp3) is 0.833. The maximum absolute atomic E-state index is 12.0. The third-order valence-electron chi connectivity index (χ3n) is 3.21. The number of nitrogens with zero attached hydrogens (tertiary/aromatic N) is 2. The topological polar surface area (TPSA) is 81.1 Å². The van der Waals surface area contributed by atoms with E-state index < -0.39 is 12.1 Å². The summed E-state index contributed by atoms with van der Waals surface area (Å²) in [6.07, 6.45) is 1.12. The number of carbonyl (C=O) groups excluding carboxylic acids is 1. The van der Waals surface area contributed by atoms with Gasteiger partial charge in [0.2, 0.25) is 0 Å². The number of likely N-dealkylation sites (N-methyl/N-ethyl adjacent to an activating group) is 1. The number of hydrogen-bond acceptors (Lipinski definition) is 3. The molecule has 0 aliphatic carbocycles. The smallest absolute Gasteiger partial charge is 0.319 e. The van der Waals surface area contributed by atoms with Crippen LogP contribution in [0.25, 0.3) is 0 Å². The zero-order valence-corrected chi connectivity index (χ0v) is 11.0. The molecule has 0 aromatic heterocycles. The van der Waals surface area contributed by atoms with E-state index in [-0.39, 0.29) is 18.4 Å². The summed E-state index contributed by atoms with van der Waals surface area (Å²) in [5, 5.41) is 17.9. The van der Waals surface area contributed by atoms with Gasteiger partial charge in [-0.05, 0) is 25.7 Å². The Labute approximate surface area is 107 Å². The van der Waals surface area contributed by atoms with E-state index in [1.54, 1.807) is 18.9 Å². The minimum Gasteiger partial charge on any atom is -0.481 e. The third-order valence-corrected chi connectivity index (χ3v) is 3.21. The summed E-state index contributed by atoms with van der Waals surface area (Å²) in [4.78, 5) is 25.8. The standard InChI is InChI=1S/C12H22N2O4/c1-9(15)8-13(2)12(18)14-5-3-10(4-6-14)7-11(16)17/h9-10,15H,3-8H2,1-2H3,(H,16,17). The number of aliphatic hydroxyl groups is 1. The molecule has 1 heterocycles. The number of rotatable bonds is 4. The van der Waals surface area contributed by atoms with E-state index in [0.29, 0.717) is 19.6 Å². The maximum atomic E-state index is 12.0. The Kier molecular flexibility index (Phi) is 5.40. The molecule has 104 valence electrons. The highest BCUT2D eigenvalue weighted by molar-refractivity contribution is 5.74. The predicted octanol–water partition coefficient (Wildman–Crippen LogP) is 0.606. The molecule has 1 unspecified atom stereocenters. The quantitative estimate of drug-likeness (QED) is 0.774. The Balaban J connectivity index is 2.38. The lowest BCUT2D eigenvalue weighted by molar-refractivity contribution is -0.138. The summed E-state index contributed by atoms with van der Waals surface area (Å²) in [6.45, 7) is 3.15. The Bertz CT molecular complexity index is 298. The second-order valence-corrected chi connectivity index (χ2v) is 5.04. The number of likely N-dealkylation sites (tertiary alicyclic amines) is 1. The largest absolute Gasteiger partial charge is 0.481 e. The number of aliphatic hydroxyl groups excluding tert-OH is 1. The maximum Gasteiger partial charge on any atom is 0.319 e. The van der Waals surface area contributed by atoms with Crippen molar-refractivity contribution in [2.24, 2.45) is 5.92 Å². The molecule has 0 spiro atoms. The average molecular weight is 258 g/mol. The lowest BCUT2D eigenvalue weighted by Crippen LogP contribution is -2.47. The van der Waals surface area contributed by atoms with Gasteiger partial charge >= 0.3 is 12.0 Å². The molecule has 6 heteroatoms. The van der Waals surface area contributed by atoms with Crippen LogP contribution in [0.4, 0.5) is 4.79 Å². The Morgan fingerprint density at radius 3 is 2.39 bits per heavy atom. The van der Waals surface area contributed by atoms with Crippen LogP contribution in [0.2, 0.25) is 0 Å². The molecule has 18 heavy (non-hydrogen) atoms. The molecule has 6 nitrogen and oxygen atoms in total. The first-order valence-corrected chi connectivity index (χ1v) is 6.30. The van der Waals surface area contributed by atoms with Crippen LogP contribution >= 0.6 is 0 Å². The number of amides is 2. The van der Waals surface area contributed by atoms with Gasteiger partial charge in [0.1, 0.15) is 0 Å². The van der Waals surface area contributed by atoms with Crippen molar-refractivity contribution in [3.63, 3.8) is 0 Å². The Morgan fingerprint density at radius 2 is 1.94 bits per heavy atom. The second kappa shape index (κ2) is 6.58. The van der Waals surface area contributed by atoms with Crippen molar-refractivity contribution < 1.29 is 19.8 Å². The van der Waals surface area contributed by atoms with Gasteiger partial charge in [-0.1, -0.05) is 0 Å². The Hall–Kier alpha value is -1.30. The number of carboxylic acid groups (broad SMARTS) is 1. The average Bonchev–Trinajstić information content (AvgIpc) is 2.27. The van der Waals surface area contributed by atoms with Crippen LogP contribution in [0.5, 0.6) is 0 Å². The number of hydrogen-bond donors (Lipinski definition) is 2. The van der Waals surface area contributed by atoms with E-state index >= 15 is 0 Å². The lowest BCUT2D eigenvalue weighted by atomic mass is 9.94. The Morgan fingerprint density at radius 1 is 1.39 bits per heavy atom. The molecule has 2 N–H and O–H groups in total. The van der Waals surface area contributed by atoms with Crippen molar-refractivity contribution in [2.45, 2.75) is 32.3 Å². The fourth-order valence-corrected chi connectivity index (χ4v) is 2.29. The number of carbonyl (C=O) groups is 2. The molecule has 0 saturated carbocycles. The zero-order chi connectivity index (χ0) is 13.7. The summed E-state index contributed by atoms with van der Waals surface area (Å²) in [6, 6.07) is -0.0929. The molecule has 2 amide bonds. The van der Waals surface area contributed by atoms with Gasteiger partial charge < -0.3 is 20.0 Å². The van der Waals surface area contributed by atoms with Gasteiger partial charge in [-0.3, -0.25) is 4.79 Å². The minimum absolute atomic E-state index is 0.0929. The summed E-state index contributed by atoms with van der Waals surface area (Å²) >= 11 is 0. The molecule has 1 rings (SSSR count). The first-order chi connectivity index (χ1) is 8.40. The van der Waals surface area contributed by atoms with Crippen molar-refractivity contribution >= 4 is 12.0 Å². The molecule has 1 fully saturated rings. The molecule has 1 saturated heterocycles. The van der Waals surface area contributed by atoms with E-state index in [1.807, 2.05) is 0 Å². The molecule has 0 radical (unpaired) electrons. The van der Waals surface area contributed by atoms with Crippen LogP contribution in [0.3, 0.4) is 0 Å². The molecule has 0 bridgehead atoms. The normalized spacial score (nSPS) is 18.5. The van der Waals surface area contributed by atoms with Gasteiger partial charge in [-0.25, -0.2) is 4.79 Å². The van der Waals surface area contributed by atoms with Gasteiger partial charge in [0.05, 0.1) is 6.10 Å². The van der Waals surface area contributed by atoms with Crippen molar-refractivity contribution in [1.82, 2.24) is 9.80 Å². The fourth-order valence-electron chi connectivity index (χ4n) is 2.29.